The molecule has 1 aliphatic carbocycles. The molecule has 0 aliphatic heterocycles. The van der Waals surface area contributed by atoms with Crippen molar-refractivity contribution in [1.82, 2.24) is 5.32 Å². The maximum absolute atomic E-state index is 5.90. The molecule has 1 aliphatic rings. The zero-order valence-electron chi connectivity index (χ0n) is 10.8. The smallest absolute Gasteiger partial charge is 0.0655 e. The van der Waals surface area contributed by atoms with E-state index < -0.39 is 0 Å². The Kier molecular flexibility index (Phi) is 5.07. The summed E-state index contributed by atoms with van der Waals surface area (Å²) in [5.74, 6) is 0. The fourth-order valence-corrected chi connectivity index (χ4v) is 2.20. The van der Waals surface area contributed by atoms with E-state index in [0.29, 0.717) is 17.6 Å². The lowest BCUT2D eigenvalue weighted by Crippen LogP contribution is -2.61. The van der Waals surface area contributed by atoms with Gasteiger partial charge in [0.05, 0.1) is 6.10 Å². The lowest BCUT2D eigenvalue weighted by molar-refractivity contribution is -0.117. The minimum atomic E-state index is 0.322. The zero-order valence-corrected chi connectivity index (χ0v) is 10.8. The number of hydrogen-bond donors (Lipinski definition) is 1. The summed E-state index contributed by atoms with van der Waals surface area (Å²) in [6.45, 7) is 11.1. The van der Waals surface area contributed by atoms with E-state index in [1.165, 1.54) is 25.7 Å². The highest BCUT2D eigenvalue weighted by molar-refractivity contribution is 5.02. The van der Waals surface area contributed by atoms with Gasteiger partial charge in [-0.2, -0.15) is 0 Å². The standard InChI is InChI=1S/C13H27NO/c1-5-7-9-15-12-10-11(13(12,3)4)14-8-6-2/h11-12,14H,5-10H2,1-4H3. The third-order valence-corrected chi connectivity index (χ3v) is 3.64. The minimum Gasteiger partial charge on any atom is -0.378 e. The van der Waals surface area contributed by atoms with Gasteiger partial charge in [-0.1, -0.05) is 34.1 Å². The normalized spacial score (nSPS) is 28.8. The van der Waals surface area contributed by atoms with Gasteiger partial charge in [-0.25, -0.2) is 0 Å². The van der Waals surface area contributed by atoms with Gasteiger partial charge in [0.25, 0.3) is 0 Å². The average molecular weight is 213 g/mol. The van der Waals surface area contributed by atoms with Crippen LogP contribution < -0.4 is 5.32 Å². The summed E-state index contributed by atoms with van der Waals surface area (Å²) in [5.41, 5.74) is 0.322. The van der Waals surface area contributed by atoms with Gasteiger partial charge in [0.1, 0.15) is 0 Å². The van der Waals surface area contributed by atoms with Crippen LogP contribution in [0.4, 0.5) is 0 Å². The Morgan fingerprint density at radius 2 is 2.00 bits per heavy atom. The first-order valence-electron chi connectivity index (χ1n) is 6.47. The van der Waals surface area contributed by atoms with Crippen molar-refractivity contribution in [2.24, 2.45) is 5.41 Å². The second-order valence-corrected chi connectivity index (χ2v) is 5.28. The van der Waals surface area contributed by atoms with Gasteiger partial charge in [0.15, 0.2) is 0 Å². The lowest BCUT2D eigenvalue weighted by Gasteiger charge is -2.52. The molecule has 0 bridgehead atoms. The molecule has 1 N–H and O–H groups in total. The van der Waals surface area contributed by atoms with Crippen LogP contribution in [0.25, 0.3) is 0 Å². The lowest BCUT2D eigenvalue weighted by atomic mass is 9.64. The molecule has 2 unspecified atom stereocenters. The molecule has 0 aromatic carbocycles. The predicted molar refractivity (Wildman–Crippen MR) is 65.1 cm³/mol. The molecular formula is C13H27NO. The van der Waals surface area contributed by atoms with E-state index in [4.69, 9.17) is 4.74 Å². The van der Waals surface area contributed by atoms with Crippen molar-refractivity contribution in [1.29, 1.82) is 0 Å². The summed E-state index contributed by atoms with van der Waals surface area (Å²) in [7, 11) is 0. The molecule has 1 fully saturated rings. The molecule has 1 rings (SSSR count). The zero-order chi connectivity index (χ0) is 11.3. The fraction of sp³-hybridized carbons (Fsp3) is 1.00. The van der Waals surface area contributed by atoms with Gasteiger partial charge >= 0.3 is 0 Å². The first-order valence-corrected chi connectivity index (χ1v) is 6.47. The van der Waals surface area contributed by atoms with Crippen molar-refractivity contribution in [2.45, 2.75) is 65.5 Å². The molecule has 0 aromatic rings. The molecule has 2 atom stereocenters. The Morgan fingerprint density at radius 3 is 2.53 bits per heavy atom. The minimum absolute atomic E-state index is 0.322. The van der Waals surface area contributed by atoms with E-state index >= 15 is 0 Å². The summed E-state index contributed by atoms with van der Waals surface area (Å²) in [6, 6.07) is 0.657. The third kappa shape index (κ3) is 3.18. The quantitative estimate of drug-likeness (QED) is 0.656. The van der Waals surface area contributed by atoms with Gasteiger partial charge in [-0.05, 0) is 25.8 Å². The van der Waals surface area contributed by atoms with Crippen LogP contribution in [-0.2, 0) is 4.74 Å². The van der Waals surface area contributed by atoms with E-state index in [1.54, 1.807) is 0 Å². The van der Waals surface area contributed by atoms with E-state index in [0.717, 1.165) is 13.2 Å². The summed E-state index contributed by atoms with van der Waals surface area (Å²) in [4.78, 5) is 0. The second-order valence-electron chi connectivity index (χ2n) is 5.28. The SMILES string of the molecule is CCCCOC1CC(NCCC)C1(C)C. The molecule has 0 spiro atoms. The topological polar surface area (TPSA) is 21.3 Å². The molecular weight excluding hydrogens is 186 g/mol. The molecule has 0 heterocycles. The maximum atomic E-state index is 5.90. The summed E-state index contributed by atoms with van der Waals surface area (Å²) < 4.78 is 5.90. The largest absolute Gasteiger partial charge is 0.378 e. The van der Waals surface area contributed by atoms with Crippen molar-refractivity contribution < 1.29 is 4.74 Å². The fourth-order valence-electron chi connectivity index (χ4n) is 2.20. The highest BCUT2D eigenvalue weighted by Gasteiger charge is 2.48. The second kappa shape index (κ2) is 5.86. The van der Waals surface area contributed by atoms with Crippen molar-refractivity contribution in [2.75, 3.05) is 13.2 Å². The van der Waals surface area contributed by atoms with Crippen molar-refractivity contribution >= 4 is 0 Å². The number of hydrogen-bond acceptors (Lipinski definition) is 2. The molecule has 0 aromatic heterocycles. The monoisotopic (exact) mass is 213 g/mol. The van der Waals surface area contributed by atoms with E-state index in [-0.39, 0.29) is 0 Å². The number of nitrogens with one attached hydrogen (secondary N) is 1. The molecule has 0 saturated heterocycles. The highest BCUT2D eigenvalue weighted by Crippen LogP contribution is 2.42. The van der Waals surface area contributed by atoms with Gasteiger partial charge in [-0.15, -0.1) is 0 Å². The van der Waals surface area contributed by atoms with Crippen molar-refractivity contribution in [3.63, 3.8) is 0 Å². The Balaban J connectivity index is 2.22. The molecule has 2 heteroatoms. The number of unbranched alkanes of at least 4 members (excludes halogenated alkanes) is 1. The molecule has 0 radical (unpaired) electrons. The molecule has 2 nitrogen and oxygen atoms in total. The molecule has 15 heavy (non-hydrogen) atoms. The molecule has 1 saturated carbocycles. The molecule has 90 valence electrons. The van der Waals surface area contributed by atoms with Crippen LogP contribution in [0.2, 0.25) is 0 Å². The summed E-state index contributed by atoms with van der Waals surface area (Å²) in [6.07, 6.45) is 5.30. The van der Waals surface area contributed by atoms with E-state index in [1.807, 2.05) is 0 Å². The van der Waals surface area contributed by atoms with Crippen LogP contribution in [0, 0.1) is 5.41 Å². The van der Waals surface area contributed by atoms with Gasteiger partial charge < -0.3 is 10.1 Å². The highest BCUT2D eigenvalue weighted by atomic mass is 16.5. The van der Waals surface area contributed by atoms with Crippen molar-refractivity contribution in [3.05, 3.63) is 0 Å². The van der Waals surface area contributed by atoms with Gasteiger partial charge in [-0.3, -0.25) is 0 Å². The predicted octanol–water partition coefficient (Wildman–Crippen LogP) is 2.97. The van der Waals surface area contributed by atoms with Crippen LogP contribution >= 0.6 is 0 Å². The van der Waals surface area contributed by atoms with Crippen LogP contribution in [-0.4, -0.2) is 25.3 Å². The van der Waals surface area contributed by atoms with Crippen LogP contribution in [0.3, 0.4) is 0 Å². The Hall–Kier alpha value is -0.0800. The van der Waals surface area contributed by atoms with Crippen LogP contribution in [0.5, 0.6) is 0 Å². The van der Waals surface area contributed by atoms with Crippen LogP contribution in [0.15, 0.2) is 0 Å². The average Bonchev–Trinajstić information content (AvgIpc) is 2.21. The van der Waals surface area contributed by atoms with Crippen molar-refractivity contribution in [3.8, 4) is 0 Å². The number of ether oxygens (including phenoxy) is 1. The van der Waals surface area contributed by atoms with Gasteiger partial charge in [0.2, 0.25) is 0 Å². The Labute approximate surface area is 94.8 Å². The maximum Gasteiger partial charge on any atom is 0.0655 e. The van der Waals surface area contributed by atoms with Gasteiger partial charge in [0, 0.05) is 18.1 Å². The van der Waals surface area contributed by atoms with E-state index in [9.17, 15) is 0 Å². The first-order chi connectivity index (χ1) is 7.12. The molecule has 0 amide bonds. The summed E-state index contributed by atoms with van der Waals surface area (Å²) in [5, 5.41) is 3.60. The van der Waals surface area contributed by atoms with Crippen LogP contribution in [0.1, 0.15) is 53.4 Å². The third-order valence-electron chi connectivity index (χ3n) is 3.64. The summed E-state index contributed by atoms with van der Waals surface area (Å²) >= 11 is 0. The van der Waals surface area contributed by atoms with E-state index in [2.05, 4.69) is 33.0 Å². The Bertz CT molecular complexity index is 179. The number of rotatable bonds is 7. The Morgan fingerprint density at radius 1 is 1.27 bits per heavy atom. The first kappa shape index (κ1) is 13.0.